The molecule has 3 nitrogen and oxygen atoms in total. The lowest BCUT2D eigenvalue weighted by Gasteiger charge is -2.05. The molecule has 1 atom stereocenters. The van der Waals surface area contributed by atoms with Gasteiger partial charge in [-0.05, 0) is 0 Å². The van der Waals surface area contributed by atoms with E-state index in [2.05, 4.69) is 0 Å². The minimum absolute atomic E-state index is 0.299. The van der Waals surface area contributed by atoms with Crippen molar-refractivity contribution in [3.05, 3.63) is 0 Å². The van der Waals surface area contributed by atoms with Crippen molar-refractivity contribution >= 4 is 17.7 Å². The molecule has 0 amide bonds. The first kappa shape index (κ1) is 7.88. The zero-order valence-electron chi connectivity index (χ0n) is 5.58. The van der Waals surface area contributed by atoms with E-state index in [1.54, 1.807) is 11.8 Å². The summed E-state index contributed by atoms with van der Waals surface area (Å²) in [4.78, 5) is 10.4. The Balaban J connectivity index is 2.35. The lowest BCUT2D eigenvalue weighted by atomic mass is 10.2. The molecule has 58 valence electrons. The summed E-state index contributed by atoms with van der Waals surface area (Å²) in [5.41, 5.74) is 0. The van der Waals surface area contributed by atoms with E-state index in [-0.39, 0.29) is 5.92 Å². The zero-order valence-corrected chi connectivity index (χ0v) is 6.39. The highest BCUT2D eigenvalue weighted by molar-refractivity contribution is 7.99. The van der Waals surface area contributed by atoms with E-state index < -0.39 is 5.97 Å². The van der Waals surface area contributed by atoms with Gasteiger partial charge >= 0.3 is 5.97 Å². The quantitative estimate of drug-likeness (QED) is 0.608. The SMILES string of the molecule is O=C(O)C1COCCSC1. The molecule has 0 saturated carbocycles. The maximum atomic E-state index is 10.4. The van der Waals surface area contributed by atoms with E-state index in [4.69, 9.17) is 9.84 Å². The highest BCUT2D eigenvalue weighted by Gasteiger charge is 2.19. The molecule has 0 aromatic carbocycles. The van der Waals surface area contributed by atoms with Gasteiger partial charge in [-0.15, -0.1) is 0 Å². The molecular formula is C6H10O3S. The smallest absolute Gasteiger partial charge is 0.309 e. The van der Waals surface area contributed by atoms with Gasteiger partial charge < -0.3 is 9.84 Å². The molecule has 1 aliphatic heterocycles. The molecule has 1 fully saturated rings. The van der Waals surface area contributed by atoms with Gasteiger partial charge in [0.2, 0.25) is 0 Å². The Hall–Kier alpha value is -0.220. The average molecular weight is 162 g/mol. The second-order valence-corrected chi connectivity index (χ2v) is 3.33. The zero-order chi connectivity index (χ0) is 7.40. The van der Waals surface area contributed by atoms with Crippen molar-refractivity contribution in [3.63, 3.8) is 0 Å². The van der Waals surface area contributed by atoms with Crippen LogP contribution in [0.5, 0.6) is 0 Å². The predicted molar refractivity (Wildman–Crippen MR) is 39.3 cm³/mol. The van der Waals surface area contributed by atoms with Gasteiger partial charge in [-0.2, -0.15) is 11.8 Å². The Bertz CT molecular complexity index is 118. The highest BCUT2D eigenvalue weighted by atomic mass is 32.2. The van der Waals surface area contributed by atoms with Gasteiger partial charge in [-0.25, -0.2) is 0 Å². The van der Waals surface area contributed by atoms with Crippen LogP contribution in [0, 0.1) is 5.92 Å². The fourth-order valence-electron chi connectivity index (χ4n) is 0.760. The first-order valence-corrected chi connectivity index (χ1v) is 4.34. The number of carbonyl (C=O) groups is 1. The summed E-state index contributed by atoms with van der Waals surface area (Å²) in [5, 5.41) is 8.57. The molecule has 4 heteroatoms. The number of hydrogen-bond donors (Lipinski definition) is 1. The molecule has 0 spiro atoms. The molecule has 10 heavy (non-hydrogen) atoms. The summed E-state index contributed by atoms with van der Waals surface area (Å²) < 4.78 is 5.07. The van der Waals surface area contributed by atoms with Crippen LogP contribution in [0.15, 0.2) is 0 Å². The molecule has 0 bridgehead atoms. The molecule has 0 aliphatic carbocycles. The van der Waals surface area contributed by atoms with Crippen LogP contribution in [0.2, 0.25) is 0 Å². The maximum absolute atomic E-state index is 10.4. The predicted octanol–water partition coefficient (Wildman–Crippen LogP) is 0.451. The van der Waals surface area contributed by atoms with E-state index in [1.165, 1.54) is 0 Å². The second kappa shape index (κ2) is 3.83. The normalized spacial score (nSPS) is 27.4. The lowest BCUT2D eigenvalue weighted by Crippen LogP contribution is -2.20. The number of carboxylic acids is 1. The van der Waals surface area contributed by atoms with E-state index in [1.807, 2.05) is 0 Å². The summed E-state index contributed by atoms with van der Waals surface area (Å²) >= 11 is 1.65. The standard InChI is InChI=1S/C6H10O3S/c7-6(8)5-3-9-1-2-10-4-5/h5H,1-4H2,(H,7,8). The first-order valence-electron chi connectivity index (χ1n) is 3.19. The topological polar surface area (TPSA) is 46.5 Å². The summed E-state index contributed by atoms with van der Waals surface area (Å²) in [6.07, 6.45) is 0. The van der Waals surface area contributed by atoms with E-state index >= 15 is 0 Å². The summed E-state index contributed by atoms with van der Waals surface area (Å²) in [5.74, 6) is 0.570. The van der Waals surface area contributed by atoms with Gasteiger partial charge in [0.15, 0.2) is 0 Å². The van der Waals surface area contributed by atoms with Crippen molar-refractivity contribution in [2.24, 2.45) is 5.92 Å². The van der Waals surface area contributed by atoms with E-state index in [0.29, 0.717) is 19.0 Å². The van der Waals surface area contributed by atoms with Crippen LogP contribution >= 0.6 is 11.8 Å². The second-order valence-electron chi connectivity index (χ2n) is 2.18. The van der Waals surface area contributed by atoms with Crippen LogP contribution in [-0.4, -0.2) is 35.8 Å². The molecule has 0 radical (unpaired) electrons. The van der Waals surface area contributed by atoms with Gasteiger partial charge in [-0.3, -0.25) is 4.79 Å². The maximum Gasteiger partial charge on any atom is 0.309 e. The molecule has 1 heterocycles. The third-order valence-corrected chi connectivity index (χ3v) is 2.45. The molecule has 1 saturated heterocycles. The molecule has 0 aromatic heterocycles. The van der Waals surface area contributed by atoms with Crippen molar-refractivity contribution in [2.75, 3.05) is 24.7 Å². The average Bonchev–Trinajstić information content (AvgIpc) is 2.12. The largest absolute Gasteiger partial charge is 0.481 e. The summed E-state index contributed by atoms with van der Waals surface area (Å²) in [6, 6.07) is 0. The number of rotatable bonds is 1. The van der Waals surface area contributed by atoms with Crippen molar-refractivity contribution in [2.45, 2.75) is 0 Å². The van der Waals surface area contributed by atoms with Gasteiger partial charge in [0.05, 0.1) is 19.1 Å². The number of hydrogen-bond acceptors (Lipinski definition) is 3. The molecule has 1 unspecified atom stereocenters. The van der Waals surface area contributed by atoms with E-state index in [9.17, 15) is 4.79 Å². The Labute approximate surface area is 63.8 Å². The van der Waals surface area contributed by atoms with E-state index in [0.717, 1.165) is 5.75 Å². The minimum atomic E-state index is -0.741. The minimum Gasteiger partial charge on any atom is -0.481 e. The van der Waals surface area contributed by atoms with Crippen LogP contribution in [0.3, 0.4) is 0 Å². The third kappa shape index (κ3) is 2.19. The monoisotopic (exact) mass is 162 g/mol. The Morgan fingerprint density at radius 3 is 3.20 bits per heavy atom. The Morgan fingerprint density at radius 2 is 2.50 bits per heavy atom. The lowest BCUT2D eigenvalue weighted by molar-refractivity contribution is -0.142. The molecule has 1 N–H and O–H groups in total. The Kier molecular flexibility index (Phi) is 3.02. The fraction of sp³-hybridized carbons (Fsp3) is 0.833. The molecule has 1 rings (SSSR count). The number of carboxylic acid groups (broad SMARTS) is 1. The van der Waals surface area contributed by atoms with Gasteiger partial charge in [0.25, 0.3) is 0 Å². The van der Waals surface area contributed by atoms with Crippen LogP contribution in [0.25, 0.3) is 0 Å². The first-order chi connectivity index (χ1) is 4.80. The fourth-order valence-corrected chi connectivity index (χ4v) is 1.69. The van der Waals surface area contributed by atoms with Crippen LogP contribution in [0.1, 0.15) is 0 Å². The third-order valence-electron chi connectivity index (χ3n) is 1.36. The van der Waals surface area contributed by atoms with Crippen LogP contribution in [-0.2, 0) is 9.53 Å². The Morgan fingerprint density at radius 1 is 1.70 bits per heavy atom. The number of thioether (sulfide) groups is 1. The van der Waals surface area contributed by atoms with Crippen molar-refractivity contribution < 1.29 is 14.6 Å². The number of aliphatic carboxylic acids is 1. The van der Waals surface area contributed by atoms with Crippen molar-refractivity contribution in [1.82, 2.24) is 0 Å². The molecule has 1 aliphatic rings. The van der Waals surface area contributed by atoms with Crippen molar-refractivity contribution in [1.29, 1.82) is 0 Å². The highest BCUT2D eigenvalue weighted by Crippen LogP contribution is 2.13. The number of ether oxygens (including phenoxy) is 1. The molecule has 0 aromatic rings. The van der Waals surface area contributed by atoms with Gasteiger partial charge in [-0.1, -0.05) is 0 Å². The van der Waals surface area contributed by atoms with Gasteiger partial charge in [0, 0.05) is 11.5 Å². The van der Waals surface area contributed by atoms with Gasteiger partial charge in [0.1, 0.15) is 0 Å². The summed E-state index contributed by atoms with van der Waals surface area (Å²) in [6.45, 7) is 1.07. The summed E-state index contributed by atoms with van der Waals surface area (Å²) in [7, 11) is 0. The molecular weight excluding hydrogens is 152 g/mol. The van der Waals surface area contributed by atoms with Crippen LogP contribution in [0.4, 0.5) is 0 Å². The van der Waals surface area contributed by atoms with Crippen molar-refractivity contribution in [3.8, 4) is 0 Å². The van der Waals surface area contributed by atoms with Crippen LogP contribution < -0.4 is 0 Å².